The average molecular weight is 424 g/mol. The van der Waals surface area contributed by atoms with Crippen molar-refractivity contribution >= 4 is 11.8 Å². The van der Waals surface area contributed by atoms with Gasteiger partial charge in [0, 0.05) is 44.7 Å². The van der Waals surface area contributed by atoms with Gasteiger partial charge in [0.2, 0.25) is 11.8 Å². The first-order valence-electron chi connectivity index (χ1n) is 11.1. The van der Waals surface area contributed by atoms with E-state index in [0.29, 0.717) is 45.6 Å². The van der Waals surface area contributed by atoms with Crippen LogP contribution in [0.3, 0.4) is 0 Å². The van der Waals surface area contributed by atoms with Gasteiger partial charge in [-0.2, -0.15) is 0 Å². The minimum atomic E-state index is -0.286. The van der Waals surface area contributed by atoms with Crippen LogP contribution in [-0.2, 0) is 16.0 Å². The lowest BCUT2D eigenvalue weighted by atomic mass is 9.91. The molecule has 1 saturated heterocycles. The Morgan fingerprint density at radius 1 is 1.10 bits per heavy atom. The third-order valence-electron chi connectivity index (χ3n) is 5.83. The van der Waals surface area contributed by atoms with Gasteiger partial charge in [-0.25, -0.2) is 0 Å². The number of nitrogens with zero attached hydrogens (tertiary/aromatic N) is 2. The van der Waals surface area contributed by atoms with Crippen molar-refractivity contribution in [3.8, 4) is 16.9 Å². The highest BCUT2D eigenvalue weighted by Crippen LogP contribution is 2.33. The van der Waals surface area contributed by atoms with Gasteiger partial charge in [-0.3, -0.25) is 9.59 Å². The van der Waals surface area contributed by atoms with E-state index in [0.717, 1.165) is 28.9 Å². The number of nitrogens with two attached hydrogens (primary N) is 1. The number of rotatable bonds is 8. The number of carbonyl (C=O) groups excluding carboxylic acids is 2. The van der Waals surface area contributed by atoms with E-state index in [9.17, 15) is 9.59 Å². The lowest BCUT2D eigenvalue weighted by Gasteiger charge is -2.25. The van der Waals surface area contributed by atoms with Gasteiger partial charge in [-0.15, -0.1) is 0 Å². The van der Waals surface area contributed by atoms with Crippen LogP contribution in [0, 0.1) is 5.92 Å². The van der Waals surface area contributed by atoms with Crippen LogP contribution in [0.1, 0.15) is 25.3 Å². The van der Waals surface area contributed by atoms with E-state index in [1.807, 2.05) is 46.2 Å². The van der Waals surface area contributed by atoms with Gasteiger partial charge >= 0.3 is 0 Å². The molecule has 0 bridgehead atoms. The SMILES string of the molecule is CCCN1CCN(C(=O)CCN)CC(Cc2ccccc2-c2ccccc2OC)C1=O. The molecule has 2 aromatic carbocycles. The number of ether oxygens (including phenoxy) is 1. The van der Waals surface area contributed by atoms with Gasteiger partial charge < -0.3 is 20.3 Å². The molecule has 1 unspecified atom stereocenters. The van der Waals surface area contributed by atoms with E-state index < -0.39 is 0 Å². The molecule has 0 radical (unpaired) electrons. The van der Waals surface area contributed by atoms with Crippen molar-refractivity contribution < 1.29 is 14.3 Å². The van der Waals surface area contributed by atoms with E-state index in [1.165, 1.54) is 0 Å². The molecule has 1 atom stereocenters. The maximum atomic E-state index is 13.4. The Kier molecular flexibility index (Phi) is 8.06. The predicted molar refractivity (Wildman–Crippen MR) is 123 cm³/mol. The van der Waals surface area contributed by atoms with E-state index in [-0.39, 0.29) is 17.7 Å². The van der Waals surface area contributed by atoms with Crippen LogP contribution in [0.4, 0.5) is 0 Å². The van der Waals surface area contributed by atoms with E-state index in [4.69, 9.17) is 10.5 Å². The Hall–Kier alpha value is -2.86. The molecule has 2 N–H and O–H groups in total. The predicted octanol–water partition coefficient (Wildman–Crippen LogP) is 2.95. The number of methoxy groups -OCH3 is 1. The normalized spacial score (nSPS) is 16.9. The smallest absolute Gasteiger partial charge is 0.227 e. The second kappa shape index (κ2) is 11.0. The Morgan fingerprint density at radius 2 is 1.81 bits per heavy atom. The van der Waals surface area contributed by atoms with Crippen molar-refractivity contribution in [2.75, 3.05) is 39.8 Å². The van der Waals surface area contributed by atoms with E-state index in [1.54, 1.807) is 7.11 Å². The van der Waals surface area contributed by atoms with Crippen molar-refractivity contribution in [1.29, 1.82) is 0 Å². The molecule has 166 valence electrons. The lowest BCUT2D eigenvalue weighted by molar-refractivity contribution is -0.135. The van der Waals surface area contributed by atoms with Crippen molar-refractivity contribution in [3.05, 3.63) is 54.1 Å². The van der Waals surface area contributed by atoms with Crippen LogP contribution >= 0.6 is 0 Å². The second-order valence-electron chi connectivity index (χ2n) is 7.96. The highest BCUT2D eigenvalue weighted by atomic mass is 16.5. The molecule has 6 nitrogen and oxygen atoms in total. The highest BCUT2D eigenvalue weighted by molar-refractivity contribution is 5.83. The van der Waals surface area contributed by atoms with E-state index in [2.05, 4.69) is 19.1 Å². The standard InChI is InChI=1S/C25H33N3O3/c1-3-14-27-15-16-28(24(29)12-13-26)18-20(25(27)30)17-19-8-4-5-9-21(19)22-10-6-7-11-23(22)31-2/h4-11,20H,3,12-18,26H2,1-2H3. The third-order valence-corrected chi connectivity index (χ3v) is 5.83. The van der Waals surface area contributed by atoms with Gasteiger partial charge in [-0.1, -0.05) is 49.4 Å². The number of carbonyl (C=O) groups is 2. The molecule has 6 heteroatoms. The molecule has 0 aliphatic carbocycles. The van der Waals surface area contributed by atoms with Crippen molar-refractivity contribution in [3.63, 3.8) is 0 Å². The lowest BCUT2D eigenvalue weighted by Crippen LogP contribution is -2.38. The molecule has 2 amide bonds. The Morgan fingerprint density at radius 3 is 2.52 bits per heavy atom. The summed E-state index contributed by atoms with van der Waals surface area (Å²) >= 11 is 0. The van der Waals surface area contributed by atoms with Crippen molar-refractivity contribution in [2.24, 2.45) is 11.7 Å². The minimum absolute atomic E-state index is 0.0247. The quantitative estimate of drug-likeness (QED) is 0.708. The number of amides is 2. The van der Waals surface area contributed by atoms with Crippen LogP contribution in [0.2, 0.25) is 0 Å². The summed E-state index contributed by atoms with van der Waals surface area (Å²) in [6.45, 7) is 4.67. The van der Waals surface area contributed by atoms with Gasteiger partial charge in [0.05, 0.1) is 13.0 Å². The summed E-state index contributed by atoms with van der Waals surface area (Å²) in [5.41, 5.74) is 8.75. The maximum absolute atomic E-state index is 13.4. The first kappa shape index (κ1) is 22.8. The molecular formula is C25H33N3O3. The molecular weight excluding hydrogens is 390 g/mol. The Bertz CT molecular complexity index is 899. The molecule has 1 aliphatic rings. The highest BCUT2D eigenvalue weighted by Gasteiger charge is 2.32. The van der Waals surface area contributed by atoms with Gasteiger partial charge in [-0.05, 0) is 30.0 Å². The third kappa shape index (κ3) is 5.44. The van der Waals surface area contributed by atoms with Gasteiger partial charge in [0.1, 0.15) is 5.75 Å². The van der Waals surface area contributed by atoms with Crippen LogP contribution in [0.5, 0.6) is 5.75 Å². The molecule has 3 rings (SSSR count). The fraction of sp³-hybridized carbons (Fsp3) is 0.440. The van der Waals surface area contributed by atoms with Gasteiger partial charge in [0.25, 0.3) is 0 Å². The largest absolute Gasteiger partial charge is 0.496 e. The summed E-state index contributed by atoms with van der Waals surface area (Å²) < 4.78 is 5.57. The summed E-state index contributed by atoms with van der Waals surface area (Å²) in [5.74, 6) is 0.664. The molecule has 2 aromatic rings. The molecule has 1 heterocycles. The number of benzene rings is 2. The maximum Gasteiger partial charge on any atom is 0.227 e. The van der Waals surface area contributed by atoms with E-state index >= 15 is 0 Å². The van der Waals surface area contributed by atoms with Crippen LogP contribution in [-0.4, -0.2) is 61.4 Å². The van der Waals surface area contributed by atoms with Crippen molar-refractivity contribution in [1.82, 2.24) is 9.80 Å². The molecule has 1 aliphatic heterocycles. The van der Waals surface area contributed by atoms with Crippen LogP contribution in [0.15, 0.2) is 48.5 Å². The summed E-state index contributed by atoms with van der Waals surface area (Å²) in [5, 5.41) is 0. The number of hydrogen-bond acceptors (Lipinski definition) is 4. The molecule has 0 spiro atoms. The van der Waals surface area contributed by atoms with Crippen LogP contribution < -0.4 is 10.5 Å². The topological polar surface area (TPSA) is 75.9 Å². The van der Waals surface area contributed by atoms with Gasteiger partial charge in [0.15, 0.2) is 0 Å². The first-order chi connectivity index (χ1) is 15.1. The summed E-state index contributed by atoms with van der Waals surface area (Å²) in [7, 11) is 1.67. The van der Waals surface area contributed by atoms with Crippen molar-refractivity contribution in [2.45, 2.75) is 26.2 Å². The average Bonchev–Trinajstić information content (AvgIpc) is 2.94. The summed E-state index contributed by atoms with van der Waals surface area (Å²) in [6, 6.07) is 16.0. The van der Waals surface area contributed by atoms with Crippen LogP contribution in [0.25, 0.3) is 11.1 Å². The summed E-state index contributed by atoms with van der Waals surface area (Å²) in [4.78, 5) is 29.7. The Balaban J connectivity index is 1.93. The zero-order valence-electron chi connectivity index (χ0n) is 18.5. The monoisotopic (exact) mass is 423 g/mol. The first-order valence-corrected chi connectivity index (χ1v) is 11.1. The number of para-hydroxylation sites is 1. The second-order valence-corrected chi connectivity index (χ2v) is 7.96. The molecule has 0 saturated carbocycles. The summed E-state index contributed by atoms with van der Waals surface area (Å²) in [6.07, 6.45) is 1.78. The molecule has 1 fully saturated rings. The zero-order valence-corrected chi connectivity index (χ0v) is 18.5. The Labute approximate surface area is 185 Å². The zero-order chi connectivity index (χ0) is 22.2. The molecule has 0 aromatic heterocycles. The molecule has 31 heavy (non-hydrogen) atoms. The minimum Gasteiger partial charge on any atom is -0.496 e. The fourth-order valence-electron chi connectivity index (χ4n) is 4.29. The number of hydrogen-bond donors (Lipinski definition) is 1. The fourth-order valence-corrected chi connectivity index (χ4v) is 4.29.